The van der Waals surface area contributed by atoms with Gasteiger partial charge < -0.3 is 4.74 Å². The zero-order valence-electron chi connectivity index (χ0n) is 7.75. The average molecular weight is 231 g/mol. The zero-order valence-corrected chi connectivity index (χ0v) is 9.26. The lowest BCUT2D eigenvalue weighted by Crippen LogP contribution is -2.08. The Morgan fingerprint density at radius 1 is 1.29 bits per heavy atom. The van der Waals surface area contributed by atoms with Gasteiger partial charge in [-0.1, -0.05) is 23.7 Å². The van der Waals surface area contributed by atoms with Crippen molar-refractivity contribution in [3.8, 4) is 0 Å². The van der Waals surface area contributed by atoms with Gasteiger partial charge in [0, 0.05) is 23.4 Å². The maximum atomic E-state index is 5.88. The molecule has 2 rings (SSSR count). The van der Waals surface area contributed by atoms with Crippen molar-refractivity contribution in [2.45, 2.75) is 12.5 Å². The van der Waals surface area contributed by atoms with Crippen LogP contribution in [0, 0.1) is 5.92 Å². The highest BCUT2D eigenvalue weighted by molar-refractivity contribution is 6.30. The van der Waals surface area contributed by atoms with Crippen molar-refractivity contribution in [2.24, 2.45) is 5.92 Å². The van der Waals surface area contributed by atoms with E-state index in [0.717, 1.165) is 18.1 Å². The minimum atomic E-state index is 0.157. The van der Waals surface area contributed by atoms with E-state index < -0.39 is 0 Å². The first-order valence-corrected chi connectivity index (χ1v) is 5.65. The van der Waals surface area contributed by atoms with E-state index in [1.54, 1.807) is 0 Å². The largest absolute Gasteiger partial charge is 0.373 e. The highest BCUT2D eigenvalue weighted by atomic mass is 35.5. The molecular formula is C11H12Cl2O. The Hall–Kier alpha value is -0.240. The molecule has 2 atom stereocenters. The summed E-state index contributed by atoms with van der Waals surface area (Å²) in [7, 11) is 0. The quantitative estimate of drug-likeness (QED) is 0.706. The smallest absolute Gasteiger partial charge is 0.0865 e. The van der Waals surface area contributed by atoms with Gasteiger partial charge in [-0.3, -0.25) is 0 Å². The lowest BCUT2D eigenvalue weighted by Gasteiger charge is -2.16. The van der Waals surface area contributed by atoms with E-state index in [-0.39, 0.29) is 6.10 Å². The minimum absolute atomic E-state index is 0.157. The normalized spacial score (nSPS) is 26.7. The van der Waals surface area contributed by atoms with Crippen molar-refractivity contribution in [2.75, 3.05) is 12.5 Å². The number of halogens is 2. The molecule has 1 aliphatic rings. The molecular weight excluding hydrogens is 219 g/mol. The molecule has 76 valence electrons. The molecule has 0 saturated carbocycles. The molecule has 3 heteroatoms. The second-order valence-electron chi connectivity index (χ2n) is 3.55. The first kappa shape index (κ1) is 10.3. The Labute approximate surface area is 94.0 Å². The lowest BCUT2D eigenvalue weighted by molar-refractivity contribution is 0.0952. The number of hydrogen-bond donors (Lipinski definition) is 0. The fraction of sp³-hybridized carbons (Fsp3) is 0.455. The SMILES string of the molecule is ClCC1CCOC1c1ccc(Cl)cc1. The average Bonchev–Trinajstić information content (AvgIpc) is 2.67. The van der Waals surface area contributed by atoms with Crippen molar-refractivity contribution < 1.29 is 4.74 Å². The number of benzene rings is 1. The lowest BCUT2D eigenvalue weighted by atomic mass is 9.97. The Kier molecular flexibility index (Phi) is 3.32. The van der Waals surface area contributed by atoms with Gasteiger partial charge in [0.2, 0.25) is 0 Å². The van der Waals surface area contributed by atoms with Crippen LogP contribution in [0.4, 0.5) is 0 Å². The topological polar surface area (TPSA) is 9.23 Å². The van der Waals surface area contributed by atoms with Crippen LogP contribution in [0.2, 0.25) is 5.02 Å². The Balaban J connectivity index is 2.17. The standard InChI is InChI=1S/C11H12Cl2O/c12-7-9-5-6-14-11(9)8-1-3-10(13)4-2-8/h1-4,9,11H,5-7H2. The second-order valence-corrected chi connectivity index (χ2v) is 4.29. The number of alkyl halides is 1. The highest BCUT2D eigenvalue weighted by Gasteiger charge is 2.28. The van der Waals surface area contributed by atoms with E-state index in [0.29, 0.717) is 11.8 Å². The molecule has 1 heterocycles. The van der Waals surface area contributed by atoms with E-state index >= 15 is 0 Å². The van der Waals surface area contributed by atoms with Crippen LogP contribution in [0.3, 0.4) is 0 Å². The van der Waals surface area contributed by atoms with Gasteiger partial charge in [-0.25, -0.2) is 0 Å². The van der Waals surface area contributed by atoms with Gasteiger partial charge in [-0.05, 0) is 24.1 Å². The van der Waals surface area contributed by atoms with Crippen molar-refractivity contribution in [1.82, 2.24) is 0 Å². The third-order valence-corrected chi connectivity index (χ3v) is 3.26. The van der Waals surface area contributed by atoms with Gasteiger partial charge >= 0.3 is 0 Å². The third-order valence-electron chi connectivity index (χ3n) is 2.61. The molecule has 1 saturated heterocycles. The van der Waals surface area contributed by atoms with Gasteiger partial charge in [0.1, 0.15) is 0 Å². The summed E-state index contributed by atoms with van der Waals surface area (Å²) in [5.74, 6) is 1.10. The molecule has 1 aliphatic heterocycles. The molecule has 1 nitrogen and oxygen atoms in total. The molecule has 0 aromatic heterocycles. The second kappa shape index (κ2) is 4.52. The van der Waals surface area contributed by atoms with Gasteiger partial charge in [-0.2, -0.15) is 0 Å². The molecule has 0 bridgehead atoms. The molecule has 1 fully saturated rings. The fourth-order valence-electron chi connectivity index (χ4n) is 1.81. The van der Waals surface area contributed by atoms with Crippen LogP contribution in [-0.4, -0.2) is 12.5 Å². The molecule has 0 aliphatic carbocycles. The molecule has 14 heavy (non-hydrogen) atoms. The molecule has 1 aromatic carbocycles. The monoisotopic (exact) mass is 230 g/mol. The van der Waals surface area contributed by atoms with Gasteiger partial charge in [0.15, 0.2) is 0 Å². The van der Waals surface area contributed by atoms with Crippen LogP contribution in [0.25, 0.3) is 0 Å². The molecule has 0 amide bonds. The van der Waals surface area contributed by atoms with Crippen molar-refractivity contribution >= 4 is 23.2 Å². The van der Waals surface area contributed by atoms with Crippen LogP contribution >= 0.6 is 23.2 Å². The number of hydrogen-bond acceptors (Lipinski definition) is 1. The van der Waals surface area contributed by atoms with Crippen LogP contribution in [0.1, 0.15) is 18.1 Å². The van der Waals surface area contributed by atoms with E-state index in [1.807, 2.05) is 24.3 Å². The minimum Gasteiger partial charge on any atom is -0.373 e. The van der Waals surface area contributed by atoms with Gasteiger partial charge in [-0.15, -0.1) is 11.6 Å². The molecule has 2 unspecified atom stereocenters. The van der Waals surface area contributed by atoms with Gasteiger partial charge in [0.05, 0.1) is 6.10 Å². The third kappa shape index (κ3) is 2.05. The predicted molar refractivity (Wildman–Crippen MR) is 59.0 cm³/mol. The van der Waals surface area contributed by atoms with Crippen molar-refractivity contribution in [1.29, 1.82) is 0 Å². The van der Waals surface area contributed by atoms with Crippen molar-refractivity contribution in [3.05, 3.63) is 34.9 Å². The van der Waals surface area contributed by atoms with E-state index in [1.165, 1.54) is 5.56 Å². The van der Waals surface area contributed by atoms with Crippen molar-refractivity contribution in [3.63, 3.8) is 0 Å². The summed E-state index contributed by atoms with van der Waals surface area (Å²) in [6, 6.07) is 7.81. The van der Waals surface area contributed by atoms with Crippen LogP contribution in [0.15, 0.2) is 24.3 Å². The summed E-state index contributed by atoms with van der Waals surface area (Å²) in [6.45, 7) is 0.810. The Bertz CT molecular complexity index is 297. The van der Waals surface area contributed by atoms with Crippen LogP contribution < -0.4 is 0 Å². The molecule has 0 radical (unpaired) electrons. The number of ether oxygens (including phenoxy) is 1. The fourth-order valence-corrected chi connectivity index (χ4v) is 2.25. The summed E-state index contributed by atoms with van der Waals surface area (Å²) in [4.78, 5) is 0. The summed E-state index contributed by atoms with van der Waals surface area (Å²) in [5, 5.41) is 0.758. The molecule has 1 aromatic rings. The van der Waals surface area contributed by atoms with E-state index in [2.05, 4.69) is 0 Å². The molecule has 0 N–H and O–H groups in total. The zero-order chi connectivity index (χ0) is 9.97. The first-order chi connectivity index (χ1) is 6.81. The number of rotatable bonds is 2. The van der Waals surface area contributed by atoms with Crippen LogP contribution in [0.5, 0.6) is 0 Å². The first-order valence-electron chi connectivity index (χ1n) is 4.74. The Morgan fingerprint density at radius 2 is 2.00 bits per heavy atom. The van der Waals surface area contributed by atoms with Crippen LogP contribution in [-0.2, 0) is 4.74 Å². The summed E-state index contributed by atoms with van der Waals surface area (Å²) >= 11 is 11.7. The Morgan fingerprint density at radius 3 is 2.64 bits per heavy atom. The maximum Gasteiger partial charge on any atom is 0.0865 e. The summed E-state index contributed by atoms with van der Waals surface area (Å²) in [5.41, 5.74) is 1.18. The maximum absolute atomic E-state index is 5.88. The predicted octanol–water partition coefficient (Wildman–Crippen LogP) is 3.66. The van der Waals surface area contributed by atoms with Gasteiger partial charge in [0.25, 0.3) is 0 Å². The van der Waals surface area contributed by atoms with E-state index in [9.17, 15) is 0 Å². The molecule has 0 spiro atoms. The summed E-state index contributed by atoms with van der Waals surface area (Å²) < 4.78 is 5.65. The van der Waals surface area contributed by atoms with E-state index in [4.69, 9.17) is 27.9 Å². The summed E-state index contributed by atoms with van der Waals surface area (Å²) in [6.07, 6.45) is 1.21. The highest BCUT2D eigenvalue weighted by Crippen LogP contribution is 2.35.